The van der Waals surface area contributed by atoms with Gasteiger partial charge in [-0.2, -0.15) is 5.10 Å². The van der Waals surface area contributed by atoms with Gasteiger partial charge in [-0.25, -0.2) is 0 Å². The molecule has 0 aliphatic carbocycles. The molecule has 3 aromatic rings. The predicted octanol–water partition coefficient (Wildman–Crippen LogP) is 5.12. The molecule has 3 rings (SSSR count). The normalized spacial score (nSPS) is 12.2. The monoisotopic (exact) mass is 376 g/mol. The highest BCUT2D eigenvalue weighted by Gasteiger charge is 2.30. The highest BCUT2D eigenvalue weighted by Crippen LogP contribution is 2.43. The topological polar surface area (TPSA) is 41.5 Å². The number of anilines is 1. The lowest BCUT2D eigenvalue weighted by atomic mass is 10.1. The maximum atomic E-state index is 14.2. The van der Waals surface area contributed by atoms with Gasteiger partial charge in [0.2, 0.25) is 0 Å². The first-order chi connectivity index (χ1) is 13.1. The number of hydrazone groups is 1. The van der Waals surface area contributed by atoms with Crippen molar-refractivity contribution < 1.29 is 4.57 Å². The number of rotatable bonds is 7. The standard InChI is InChI=1S/C23H25N2OP/c1-19(2)23(25-24-20-12-6-3-7-13-20)18-27(26,21-14-8-4-9-15-21)22-16-10-5-11-17-22/h3-17,19,24H,18H2,1-2H3/b25-23-. The fourth-order valence-electron chi connectivity index (χ4n) is 2.89. The molecule has 0 fully saturated rings. The number of nitrogens with one attached hydrogen (secondary N) is 1. The summed E-state index contributed by atoms with van der Waals surface area (Å²) in [6, 6.07) is 29.3. The van der Waals surface area contributed by atoms with Crippen molar-refractivity contribution in [3.63, 3.8) is 0 Å². The highest BCUT2D eigenvalue weighted by molar-refractivity contribution is 7.79. The van der Waals surface area contributed by atoms with Gasteiger partial charge in [0, 0.05) is 22.5 Å². The van der Waals surface area contributed by atoms with Crippen LogP contribution in [0.25, 0.3) is 0 Å². The third kappa shape index (κ3) is 4.75. The Kier molecular flexibility index (Phi) is 6.26. The van der Waals surface area contributed by atoms with E-state index in [1.165, 1.54) is 0 Å². The number of nitrogens with zero attached hydrogens (tertiary/aromatic N) is 1. The lowest BCUT2D eigenvalue weighted by molar-refractivity contribution is 0.589. The minimum absolute atomic E-state index is 0.182. The molecule has 3 nitrogen and oxygen atoms in total. The van der Waals surface area contributed by atoms with E-state index in [4.69, 9.17) is 0 Å². The Morgan fingerprint density at radius 2 is 1.26 bits per heavy atom. The van der Waals surface area contributed by atoms with Crippen molar-refractivity contribution >= 4 is 29.2 Å². The summed E-state index contributed by atoms with van der Waals surface area (Å²) in [6.07, 6.45) is 0.415. The summed E-state index contributed by atoms with van der Waals surface area (Å²) in [7, 11) is -2.83. The molecule has 0 unspecified atom stereocenters. The van der Waals surface area contributed by atoms with Crippen LogP contribution in [0.1, 0.15) is 13.8 Å². The molecule has 1 N–H and O–H groups in total. The Labute approximate surface area is 161 Å². The van der Waals surface area contributed by atoms with Crippen molar-refractivity contribution in [1.29, 1.82) is 0 Å². The third-order valence-corrected chi connectivity index (χ3v) is 7.53. The minimum Gasteiger partial charge on any atom is -0.313 e. The van der Waals surface area contributed by atoms with Gasteiger partial charge in [0.05, 0.1) is 5.69 Å². The van der Waals surface area contributed by atoms with Gasteiger partial charge in [0.1, 0.15) is 7.14 Å². The molecule has 0 radical (unpaired) electrons. The Morgan fingerprint density at radius 3 is 1.70 bits per heavy atom. The van der Waals surface area contributed by atoms with Gasteiger partial charge in [-0.1, -0.05) is 92.7 Å². The molecular formula is C23H25N2OP. The summed E-state index contributed by atoms with van der Waals surface area (Å²) in [6.45, 7) is 4.18. The molecule has 0 aromatic heterocycles. The van der Waals surface area contributed by atoms with E-state index in [2.05, 4.69) is 24.4 Å². The highest BCUT2D eigenvalue weighted by atomic mass is 31.2. The minimum atomic E-state index is -2.83. The summed E-state index contributed by atoms with van der Waals surface area (Å²) in [5.41, 5.74) is 4.94. The molecule has 0 aliphatic heterocycles. The van der Waals surface area contributed by atoms with Crippen LogP contribution in [0.15, 0.2) is 96.1 Å². The SMILES string of the molecule is CC(C)/C(CP(=O)(c1ccccc1)c1ccccc1)=N\Nc1ccccc1. The van der Waals surface area contributed by atoms with Crippen molar-refractivity contribution in [2.75, 3.05) is 11.6 Å². The van der Waals surface area contributed by atoms with Gasteiger partial charge >= 0.3 is 0 Å². The van der Waals surface area contributed by atoms with Gasteiger partial charge < -0.3 is 4.57 Å². The van der Waals surface area contributed by atoms with Crippen molar-refractivity contribution in [2.45, 2.75) is 13.8 Å². The molecule has 0 saturated heterocycles. The quantitative estimate of drug-likeness (QED) is 0.353. The van der Waals surface area contributed by atoms with Gasteiger partial charge in [0.15, 0.2) is 0 Å². The maximum absolute atomic E-state index is 14.2. The molecular weight excluding hydrogens is 351 g/mol. The van der Waals surface area contributed by atoms with Gasteiger partial charge in [-0.05, 0) is 18.1 Å². The summed E-state index contributed by atoms with van der Waals surface area (Å²) in [5.74, 6) is 0.182. The van der Waals surface area contributed by atoms with Crippen LogP contribution >= 0.6 is 7.14 Å². The molecule has 138 valence electrons. The zero-order valence-corrected chi connectivity index (χ0v) is 16.6. The fraction of sp³-hybridized carbons (Fsp3) is 0.174. The zero-order chi connectivity index (χ0) is 19.1. The lowest BCUT2D eigenvalue weighted by Gasteiger charge is -2.22. The van der Waals surface area contributed by atoms with Gasteiger partial charge in [-0.3, -0.25) is 5.43 Å². The van der Waals surface area contributed by atoms with E-state index >= 15 is 0 Å². The first-order valence-corrected chi connectivity index (χ1v) is 11.1. The van der Waals surface area contributed by atoms with Crippen molar-refractivity contribution in [3.05, 3.63) is 91.0 Å². The van der Waals surface area contributed by atoms with Crippen molar-refractivity contribution in [2.24, 2.45) is 11.0 Å². The van der Waals surface area contributed by atoms with Crippen LogP contribution in [0.3, 0.4) is 0 Å². The number of para-hydroxylation sites is 1. The molecule has 0 heterocycles. The number of hydrogen-bond donors (Lipinski definition) is 1. The van der Waals surface area contributed by atoms with Crippen molar-refractivity contribution in [1.82, 2.24) is 0 Å². The molecule has 0 aliphatic rings. The molecule has 0 bridgehead atoms. The lowest BCUT2D eigenvalue weighted by Crippen LogP contribution is -2.25. The summed E-state index contributed by atoms with van der Waals surface area (Å²) < 4.78 is 14.2. The van der Waals surface area contributed by atoms with Crippen LogP contribution in [0.4, 0.5) is 5.69 Å². The van der Waals surface area contributed by atoms with Gasteiger partial charge in [0.25, 0.3) is 0 Å². The second kappa shape index (κ2) is 8.83. The Balaban J connectivity index is 1.98. The van der Waals surface area contributed by atoms with E-state index in [1.807, 2.05) is 91.0 Å². The Bertz CT molecular complexity index is 879. The van der Waals surface area contributed by atoms with Crippen LogP contribution in [-0.2, 0) is 4.57 Å². The average Bonchev–Trinajstić information content (AvgIpc) is 2.73. The van der Waals surface area contributed by atoms with Crippen LogP contribution in [0, 0.1) is 5.92 Å². The second-order valence-corrected chi connectivity index (χ2v) is 9.63. The average molecular weight is 376 g/mol. The molecule has 27 heavy (non-hydrogen) atoms. The van der Waals surface area contributed by atoms with E-state index in [-0.39, 0.29) is 5.92 Å². The summed E-state index contributed by atoms with van der Waals surface area (Å²) in [4.78, 5) is 0. The molecule has 3 aromatic carbocycles. The van der Waals surface area contributed by atoms with Crippen LogP contribution in [-0.4, -0.2) is 11.9 Å². The van der Waals surface area contributed by atoms with E-state index < -0.39 is 7.14 Å². The summed E-state index contributed by atoms with van der Waals surface area (Å²) in [5, 5.41) is 6.35. The van der Waals surface area contributed by atoms with E-state index in [0.717, 1.165) is 22.0 Å². The molecule has 0 saturated carbocycles. The van der Waals surface area contributed by atoms with E-state index in [9.17, 15) is 4.57 Å². The number of benzene rings is 3. The first-order valence-electron chi connectivity index (χ1n) is 9.17. The predicted molar refractivity (Wildman–Crippen MR) is 117 cm³/mol. The number of hydrogen-bond acceptors (Lipinski definition) is 3. The Morgan fingerprint density at radius 1 is 0.815 bits per heavy atom. The van der Waals surface area contributed by atoms with E-state index in [0.29, 0.717) is 6.16 Å². The zero-order valence-electron chi connectivity index (χ0n) is 15.7. The summed E-state index contributed by atoms with van der Waals surface area (Å²) >= 11 is 0. The van der Waals surface area contributed by atoms with Crippen LogP contribution in [0.5, 0.6) is 0 Å². The van der Waals surface area contributed by atoms with Gasteiger partial charge in [-0.15, -0.1) is 0 Å². The molecule has 0 atom stereocenters. The van der Waals surface area contributed by atoms with Crippen LogP contribution in [0.2, 0.25) is 0 Å². The molecule has 0 amide bonds. The smallest absolute Gasteiger partial charge is 0.148 e. The molecule has 0 spiro atoms. The second-order valence-electron chi connectivity index (χ2n) is 6.80. The van der Waals surface area contributed by atoms with E-state index in [1.54, 1.807) is 0 Å². The fourth-order valence-corrected chi connectivity index (χ4v) is 5.76. The maximum Gasteiger partial charge on any atom is 0.148 e. The third-order valence-electron chi connectivity index (χ3n) is 4.50. The largest absolute Gasteiger partial charge is 0.313 e. The van der Waals surface area contributed by atoms with Crippen LogP contribution < -0.4 is 16.0 Å². The van der Waals surface area contributed by atoms with Crippen molar-refractivity contribution in [3.8, 4) is 0 Å². The Hall–Kier alpha value is -2.64. The molecule has 4 heteroatoms. The first kappa shape index (κ1) is 19.1.